The molecule has 2 nitrogen and oxygen atoms in total. The normalized spacial score (nSPS) is 22.0. The minimum Gasteiger partial charge on any atom is -0.266 e. The van der Waals surface area contributed by atoms with Crippen molar-refractivity contribution in [3.8, 4) is 0 Å². The SMILES string of the molecule is Cc1cc2n(n1)C(C(C)C)CCC2. The molecule has 0 fully saturated rings. The molecule has 1 aliphatic heterocycles. The Kier molecular flexibility index (Phi) is 2.14. The molecule has 1 unspecified atom stereocenters. The maximum atomic E-state index is 4.57. The van der Waals surface area contributed by atoms with Crippen LogP contribution in [0.5, 0.6) is 0 Å². The van der Waals surface area contributed by atoms with Crippen LogP contribution in [0.2, 0.25) is 0 Å². The van der Waals surface area contributed by atoms with E-state index in [2.05, 4.69) is 36.6 Å². The number of aryl methyl sites for hydroxylation is 2. The van der Waals surface area contributed by atoms with Crippen LogP contribution in [0.3, 0.4) is 0 Å². The lowest BCUT2D eigenvalue weighted by Gasteiger charge is -2.27. The molecule has 13 heavy (non-hydrogen) atoms. The summed E-state index contributed by atoms with van der Waals surface area (Å²) in [6.45, 7) is 6.66. The van der Waals surface area contributed by atoms with E-state index in [-0.39, 0.29) is 0 Å². The zero-order chi connectivity index (χ0) is 9.42. The van der Waals surface area contributed by atoms with Gasteiger partial charge in [-0.05, 0) is 38.2 Å². The Labute approximate surface area is 80.0 Å². The molecule has 2 heteroatoms. The minimum atomic E-state index is 0.637. The topological polar surface area (TPSA) is 17.8 Å². The van der Waals surface area contributed by atoms with Gasteiger partial charge in [0.2, 0.25) is 0 Å². The van der Waals surface area contributed by atoms with Gasteiger partial charge < -0.3 is 0 Å². The van der Waals surface area contributed by atoms with Gasteiger partial charge in [-0.15, -0.1) is 0 Å². The van der Waals surface area contributed by atoms with Crippen LogP contribution < -0.4 is 0 Å². The number of rotatable bonds is 1. The lowest BCUT2D eigenvalue weighted by molar-refractivity contribution is 0.286. The van der Waals surface area contributed by atoms with Gasteiger partial charge in [-0.1, -0.05) is 13.8 Å². The summed E-state index contributed by atoms with van der Waals surface area (Å²) in [4.78, 5) is 0. The van der Waals surface area contributed by atoms with Crippen LogP contribution in [0.25, 0.3) is 0 Å². The van der Waals surface area contributed by atoms with Crippen molar-refractivity contribution in [2.75, 3.05) is 0 Å². The summed E-state index contributed by atoms with van der Waals surface area (Å²) in [7, 11) is 0. The lowest BCUT2D eigenvalue weighted by atomic mass is 9.94. The molecule has 0 aromatic carbocycles. The predicted molar refractivity (Wildman–Crippen MR) is 53.8 cm³/mol. The molecule has 1 aliphatic rings. The van der Waals surface area contributed by atoms with Gasteiger partial charge in [0.25, 0.3) is 0 Å². The molecule has 1 atom stereocenters. The van der Waals surface area contributed by atoms with Crippen LogP contribution in [0.4, 0.5) is 0 Å². The van der Waals surface area contributed by atoms with Crippen molar-refractivity contribution >= 4 is 0 Å². The van der Waals surface area contributed by atoms with E-state index in [4.69, 9.17) is 0 Å². The van der Waals surface area contributed by atoms with Crippen molar-refractivity contribution in [3.63, 3.8) is 0 Å². The summed E-state index contributed by atoms with van der Waals surface area (Å²) >= 11 is 0. The monoisotopic (exact) mass is 178 g/mol. The van der Waals surface area contributed by atoms with Gasteiger partial charge in [0.15, 0.2) is 0 Å². The Hall–Kier alpha value is -0.790. The molecule has 72 valence electrons. The second kappa shape index (κ2) is 3.17. The average Bonchev–Trinajstić information content (AvgIpc) is 2.43. The fourth-order valence-electron chi connectivity index (χ4n) is 2.27. The van der Waals surface area contributed by atoms with Crippen LogP contribution in [0.1, 0.15) is 44.1 Å². The Morgan fingerprint density at radius 3 is 3.00 bits per heavy atom. The summed E-state index contributed by atoms with van der Waals surface area (Å²) < 4.78 is 2.25. The maximum absolute atomic E-state index is 4.57. The summed E-state index contributed by atoms with van der Waals surface area (Å²) in [6.07, 6.45) is 3.84. The highest BCUT2D eigenvalue weighted by Crippen LogP contribution is 2.30. The van der Waals surface area contributed by atoms with Crippen LogP contribution in [-0.4, -0.2) is 9.78 Å². The fourth-order valence-corrected chi connectivity index (χ4v) is 2.27. The highest BCUT2D eigenvalue weighted by molar-refractivity contribution is 5.12. The molecular formula is C11H18N2. The van der Waals surface area contributed by atoms with Crippen LogP contribution >= 0.6 is 0 Å². The first kappa shape index (κ1) is 8.79. The van der Waals surface area contributed by atoms with E-state index < -0.39 is 0 Å². The van der Waals surface area contributed by atoms with Crippen LogP contribution in [-0.2, 0) is 6.42 Å². The van der Waals surface area contributed by atoms with Crippen molar-refractivity contribution in [1.29, 1.82) is 0 Å². The minimum absolute atomic E-state index is 0.637. The lowest BCUT2D eigenvalue weighted by Crippen LogP contribution is -2.22. The van der Waals surface area contributed by atoms with Crippen molar-refractivity contribution in [2.45, 2.75) is 46.1 Å². The van der Waals surface area contributed by atoms with Gasteiger partial charge in [0.05, 0.1) is 11.7 Å². The van der Waals surface area contributed by atoms with Crippen molar-refractivity contribution < 1.29 is 0 Å². The van der Waals surface area contributed by atoms with Gasteiger partial charge in [-0.3, -0.25) is 4.68 Å². The first-order chi connectivity index (χ1) is 6.18. The molecule has 0 saturated heterocycles. The first-order valence-electron chi connectivity index (χ1n) is 5.23. The van der Waals surface area contributed by atoms with E-state index in [1.165, 1.54) is 30.7 Å². The van der Waals surface area contributed by atoms with E-state index in [0.29, 0.717) is 12.0 Å². The highest BCUT2D eigenvalue weighted by atomic mass is 15.3. The Morgan fingerprint density at radius 1 is 1.54 bits per heavy atom. The molecule has 0 bridgehead atoms. The van der Waals surface area contributed by atoms with Gasteiger partial charge in [0.1, 0.15) is 0 Å². The largest absolute Gasteiger partial charge is 0.266 e. The van der Waals surface area contributed by atoms with Gasteiger partial charge in [-0.25, -0.2) is 0 Å². The van der Waals surface area contributed by atoms with E-state index >= 15 is 0 Å². The molecule has 1 aromatic rings. The smallest absolute Gasteiger partial charge is 0.0596 e. The molecular weight excluding hydrogens is 160 g/mol. The van der Waals surface area contributed by atoms with E-state index in [1.807, 2.05) is 0 Å². The Morgan fingerprint density at radius 2 is 2.31 bits per heavy atom. The number of fused-ring (bicyclic) bond motifs is 1. The Balaban J connectivity index is 2.36. The van der Waals surface area contributed by atoms with Gasteiger partial charge >= 0.3 is 0 Å². The predicted octanol–water partition coefficient (Wildman–Crippen LogP) is 2.72. The third-order valence-corrected chi connectivity index (χ3v) is 2.95. The second-order valence-electron chi connectivity index (χ2n) is 4.43. The number of aromatic nitrogens is 2. The van der Waals surface area contributed by atoms with Crippen LogP contribution in [0, 0.1) is 12.8 Å². The molecule has 0 radical (unpaired) electrons. The zero-order valence-corrected chi connectivity index (χ0v) is 8.75. The van der Waals surface area contributed by atoms with Crippen molar-refractivity contribution in [3.05, 3.63) is 17.5 Å². The summed E-state index contributed by atoms with van der Waals surface area (Å²) in [5.74, 6) is 0.707. The third-order valence-electron chi connectivity index (χ3n) is 2.95. The third kappa shape index (κ3) is 1.50. The van der Waals surface area contributed by atoms with E-state index in [0.717, 1.165) is 0 Å². The number of hydrogen-bond acceptors (Lipinski definition) is 1. The fraction of sp³-hybridized carbons (Fsp3) is 0.727. The number of nitrogens with zero attached hydrogens (tertiary/aromatic N) is 2. The van der Waals surface area contributed by atoms with E-state index in [9.17, 15) is 0 Å². The Bertz CT molecular complexity index is 299. The second-order valence-corrected chi connectivity index (χ2v) is 4.43. The molecule has 0 spiro atoms. The van der Waals surface area contributed by atoms with Gasteiger partial charge in [0, 0.05) is 5.69 Å². The maximum Gasteiger partial charge on any atom is 0.0596 e. The summed E-state index contributed by atoms with van der Waals surface area (Å²) in [6, 6.07) is 2.87. The summed E-state index contributed by atoms with van der Waals surface area (Å²) in [5, 5.41) is 4.57. The molecule has 2 rings (SSSR count). The molecule has 2 heterocycles. The first-order valence-corrected chi connectivity index (χ1v) is 5.23. The van der Waals surface area contributed by atoms with Gasteiger partial charge in [-0.2, -0.15) is 5.10 Å². The zero-order valence-electron chi connectivity index (χ0n) is 8.75. The number of hydrogen-bond donors (Lipinski definition) is 0. The molecule has 0 aliphatic carbocycles. The van der Waals surface area contributed by atoms with Crippen molar-refractivity contribution in [2.24, 2.45) is 5.92 Å². The highest BCUT2D eigenvalue weighted by Gasteiger charge is 2.23. The quantitative estimate of drug-likeness (QED) is 0.646. The van der Waals surface area contributed by atoms with Crippen LogP contribution in [0.15, 0.2) is 6.07 Å². The molecule has 0 N–H and O–H groups in total. The van der Waals surface area contributed by atoms with E-state index in [1.54, 1.807) is 0 Å². The average molecular weight is 178 g/mol. The molecule has 0 amide bonds. The standard InChI is InChI=1S/C11H18N2/c1-8(2)11-6-4-5-10-7-9(3)12-13(10)11/h7-8,11H,4-6H2,1-3H3. The summed E-state index contributed by atoms with van der Waals surface area (Å²) in [5.41, 5.74) is 2.60. The molecule has 0 saturated carbocycles. The van der Waals surface area contributed by atoms with Crippen molar-refractivity contribution in [1.82, 2.24) is 9.78 Å². The molecule has 1 aromatic heterocycles.